The van der Waals surface area contributed by atoms with E-state index in [1.807, 2.05) is 30.6 Å². The van der Waals surface area contributed by atoms with Gasteiger partial charge >= 0.3 is 0 Å². The minimum atomic E-state index is 0. The Morgan fingerprint density at radius 2 is 1.78 bits per heavy atom. The highest BCUT2D eigenvalue weighted by Crippen LogP contribution is 2.18. The number of aromatic nitrogens is 2. The van der Waals surface area contributed by atoms with Crippen LogP contribution in [0.15, 0.2) is 72.0 Å². The molecule has 1 unspecified atom stereocenters. The summed E-state index contributed by atoms with van der Waals surface area (Å²) in [5.41, 5.74) is 2.42. The Hall–Kier alpha value is -2.55. The minimum Gasteiger partial charge on any atom is -0.493 e. The van der Waals surface area contributed by atoms with Crippen molar-refractivity contribution in [1.29, 1.82) is 0 Å². The van der Waals surface area contributed by atoms with Gasteiger partial charge in [0.25, 0.3) is 0 Å². The van der Waals surface area contributed by atoms with Crippen LogP contribution in [0.25, 0.3) is 0 Å². The van der Waals surface area contributed by atoms with Crippen LogP contribution in [0.1, 0.15) is 43.8 Å². The fraction of sp³-hybridized carbons (Fsp3) is 0.360. The molecule has 1 atom stereocenters. The first kappa shape index (κ1) is 25.7. The van der Waals surface area contributed by atoms with E-state index in [1.165, 1.54) is 11.1 Å². The molecular formula is C25H34IN5O. The highest BCUT2D eigenvalue weighted by atomic mass is 127. The standard InChI is InChI=1S/C25H33N5O.HI/c1-19(2)18-31-23-12-10-22(11-13-23)20(3)29-25(26-4)28-16-24-27-14-15-30(24)17-21-8-6-5-7-9-21;/h5-15,19-20H,16-18H2,1-4H3,(H2,26,28,29);1H. The Bertz CT molecular complexity index is 954. The zero-order valence-electron chi connectivity index (χ0n) is 19.3. The van der Waals surface area contributed by atoms with Crippen LogP contribution in [0, 0.1) is 5.92 Å². The van der Waals surface area contributed by atoms with E-state index in [9.17, 15) is 0 Å². The molecule has 1 aromatic heterocycles. The van der Waals surface area contributed by atoms with Crippen molar-refractivity contribution in [3.05, 3.63) is 83.9 Å². The van der Waals surface area contributed by atoms with Gasteiger partial charge in [-0.2, -0.15) is 0 Å². The zero-order chi connectivity index (χ0) is 22.1. The molecule has 3 aromatic rings. The van der Waals surface area contributed by atoms with Gasteiger partial charge in [0.05, 0.1) is 19.2 Å². The molecule has 0 radical (unpaired) electrons. The summed E-state index contributed by atoms with van der Waals surface area (Å²) < 4.78 is 7.92. The SMILES string of the molecule is CN=C(NCc1nccn1Cc1ccccc1)NC(C)c1ccc(OCC(C)C)cc1.I. The molecule has 0 fully saturated rings. The number of ether oxygens (including phenoxy) is 1. The summed E-state index contributed by atoms with van der Waals surface area (Å²) in [6.07, 6.45) is 3.84. The molecule has 0 aliphatic rings. The summed E-state index contributed by atoms with van der Waals surface area (Å²) in [5.74, 6) is 3.11. The fourth-order valence-electron chi connectivity index (χ4n) is 3.19. The molecule has 0 saturated heterocycles. The van der Waals surface area contributed by atoms with Crippen molar-refractivity contribution < 1.29 is 4.74 Å². The van der Waals surface area contributed by atoms with E-state index in [-0.39, 0.29) is 30.0 Å². The van der Waals surface area contributed by atoms with Gasteiger partial charge in [-0.25, -0.2) is 4.98 Å². The summed E-state index contributed by atoms with van der Waals surface area (Å²) in [6, 6.07) is 18.7. The predicted octanol–water partition coefficient (Wildman–Crippen LogP) is 5.01. The van der Waals surface area contributed by atoms with Gasteiger partial charge in [0.15, 0.2) is 5.96 Å². The van der Waals surface area contributed by atoms with Crippen molar-refractivity contribution in [2.45, 2.75) is 39.9 Å². The molecular weight excluding hydrogens is 513 g/mol. The largest absolute Gasteiger partial charge is 0.493 e. The third-order valence-electron chi connectivity index (χ3n) is 4.95. The van der Waals surface area contributed by atoms with Gasteiger partial charge < -0.3 is 19.9 Å². The van der Waals surface area contributed by atoms with Crippen LogP contribution in [0.5, 0.6) is 5.75 Å². The van der Waals surface area contributed by atoms with Crippen molar-refractivity contribution in [1.82, 2.24) is 20.2 Å². The molecule has 172 valence electrons. The summed E-state index contributed by atoms with van der Waals surface area (Å²) in [7, 11) is 1.78. The number of imidazole rings is 1. The van der Waals surface area contributed by atoms with Crippen molar-refractivity contribution >= 4 is 29.9 Å². The fourth-order valence-corrected chi connectivity index (χ4v) is 3.19. The normalized spacial score (nSPS) is 12.2. The third kappa shape index (κ3) is 7.85. The quantitative estimate of drug-likeness (QED) is 0.225. The third-order valence-corrected chi connectivity index (χ3v) is 4.95. The van der Waals surface area contributed by atoms with Crippen LogP contribution >= 0.6 is 24.0 Å². The van der Waals surface area contributed by atoms with E-state index in [1.54, 1.807) is 7.05 Å². The summed E-state index contributed by atoms with van der Waals surface area (Å²) in [6.45, 7) is 8.52. The average molecular weight is 547 g/mol. The number of halogens is 1. The highest BCUT2D eigenvalue weighted by Gasteiger charge is 2.10. The Labute approximate surface area is 208 Å². The van der Waals surface area contributed by atoms with Gasteiger partial charge in [0.1, 0.15) is 11.6 Å². The lowest BCUT2D eigenvalue weighted by Gasteiger charge is -2.19. The number of aliphatic imine (C=N–C) groups is 1. The molecule has 1 heterocycles. The molecule has 6 nitrogen and oxygen atoms in total. The number of nitrogens with zero attached hydrogens (tertiary/aromatic N) is 3. The number of benzene rings is 2. The average Bonchev–Trinajstić information content (AvgIpc) is 3.22. The van der Waals surface area contributed by atoms with E-state index in [0.29, 0.717) is 12.5 Å². The van der Waals surface area contributed by atoms with Gasteiger partial charge in [0.2, 0.25) is 0 Å². The van der Waals surface area contributed by atoms with Crippen molar-refractivity contribution in [3.63, 3.8) is 0 Å². The number of rotatable bonds is 9. The first-order valence-corrected chi connectivity index (χ1v) is 10.8. The second-order valence-corrected chi connectivity index (χ2v) is 8.02. The monoisotopic (exact) mass is 547 g/mol. The second kappa shape index (κ2) is 13.1. The van der Waals surface area contributed by atoms with Crippen LogP contribution in [-0.4, -0.2) is 29.2 Å². The maximum absolute atomic E-state index is 5.77. The Morgan fingerprint density at radius 3 is 2.44 bits per heavy atom. The maximum Gasteiger partial charge on any atom is 0.191 e. The first-order chi connectivity index (χ1) is 15.0. The van der Waals surface area contributed by atoms with E-state index in [0.717, 1.165) is 30.7 Å². The van der Waals surface area contributed by atoms with Crippen LogP contribution in [0.4, 0.5) is 0 Å². The van der Waals surface area contributed by atoms with E-state index < -0.39 is 0 Å². The van der Waals surface area contributed by atoms with Crippen LogP contribution in [0.3, 0.4) is 0 Å². The topological polar surface area (TPSA) is 63.5 Å². The van der Waals surface area contributed by atoms with Crippen LogP contribution in [-0.2, 0) is 13.1 Å². The predicted molar refractivity (Wildman–Crippen MR) is 142 cm³/mol. The molecule has 3 rings (SSSR count). The molecule has 0 aliphatic heterocycles. The molecule has 7 heteroatoms. The van der Waals surface area contributed by atoms with Gasteiger partial charge in [-0.15, -0.1) is 24.0 Å². The van der Waals surface area contributed by atoms with Crippen LogP contribution in [0.2, 0.25) is 0 Å². The zero-order valence-corrected chi connectivity index (χ0v) is 21.6. The molecule has 2 aromatic carbocycles. The molecule has 0 spiro atoms. The Kier molecular flexibility index (Phi) is 10.5. The lowest BCUT2D eigenvalue weighted by Crippen LogP contribution is -2.38. The van der Waals surface area contributed by atoms with Gasteiger partial charge in [-0.1, -0.05) is 56.3 Å². The van der Waals surface area contributed by atoms with Crippen molar-refractivity contribution in [2.75, 3.05) is 13.7 Å². The second-order valence-electron chi connectivity index (χ2n) is 8.02. The maximum atomic E-state index is 5.77. The van der Waals surface area contributed by atoms with E-state index >= 15 is 0 Å². The van der Waals surface area contributed by atoms with Crippen LogP contribution < -0.4 is 15.4 Å². The summed E-state index contributed by atoms with van der Waals surface area (Å²) in [5, 5.41) is 6.82. The van der Waals surface area contributed by atoms with E-state index in [2.05, 4.69) is 82.3 Å². The number of nitrogens with one attached hydrogen (secondary N) is 2. The summed E-state index contributed by atoms with van der Waals surface area (Å²) >= 11 is 0. The van der Waals surface area contributed by atoms with Crippen molar-refractivity contribution in [2.24, 2.45) is 10.9 Å². The number of hydrogen-bond donors (Lipinski definition) is 2. The van der Waals surface area contributed by atoms with Gasteiger partial charge in [0, 0.05) is 26.0 Å². The molecule has 0 amide bonds. The Balaban J connectivity index is 0.00000363. The number of guanidine groups is 1. The highest BCUT2D eigenvalue weighted by molar-refractivity contribution is 14.0. The van der Waals surface area contributed by atoms with Crippen molar-refractivity contribution in [3.8, 4) is 5.75 Å². The van der Waals surface area contributed by atoms with Gasteiger partial charge in [-0.3, -0.25) is 4.99 Å². The molecule has 0 saturated carbocycles. The lowest BCUT2D eigenvalue weighted by molar-refractivity contribution is 0.271. The molecule has 0 bridgehead atoms. The smallest absolute Gasteiger partial charge is 0.191 e. The van der Waals surface area contributed by atoms with Gasteiger partial charge in [-0.05, 0) is 36.1 Å². The molecule has 2 N–H and O–H groups in total. The Morgan fingerprint density at radius 1 is 1.06 bits per heavy atom. The first-order valence-electron chi connectivity index (χ1n) is 10.8. The molecule has 32 heavy (non-hydrogen) atoms. The van der Waals surface area contributed by atoms with E-state index in [4.69, 9.17) is 4.74 Å². The number of hydrogen-bond acceptors (Lipinski definition) is 3. The lowest BCUT2D eigenvalue weighted by atomic mass is 10.1. The minimum absolute atomic E-state index is 0. The summed E-state index contributed by atoms with van der Waals surface area (Å²) in [4.78, 5) is 8.86. The molecule has 0 aliphatic carbocycles.